The summed E-state index contributed by atoms with van der Waals surface area (Å²) >= 11 is 7.58. The third-order valence-electron chi connectivity index (χ3n) is 3.18. The molecule has 0 saturated heterocycles. The largest absolute Gasteiger partial charge is 0.434 e. The highest BCUT2D eigenvalue weighted by atomic mass is 35.5. The highest BCUT2D eigenvalue weighted by Crippen LogP contribution is 2.26. The number of aliphatic hydroxyl groups is 1. The molecule has 0 unspecified atom stereocenters. The standard InChI is InChI=1S/C14H20BClFNOS/c1-9(8-20-3)18-15-5-4-11-6-13(16)14(17)12(7-19)10(11)2/h6,15,18-19H,1,4-5,7-8H2,2-3H3. The molecule has 0 atom stereocenters. The fraction of sp³-hybridized carbons (Fsp3) is 0.429. The van der Waals surface area contributed by atoms with Gasteiger partial charge in [-0.2, -0.15) is 11.8 Å². The quantitative estimate of drug-likeness (QED) is 0.571. The van der Waals surface area contributed by atoms with Gasteiger partial charge in [0.15, 0.2) is 0 Å². The first-order valence-corrected chi connectivity index (χ1v) is 8.26. The number of hydrogen-bond donors (Lipinski definition) is 2. The van der Waals surface area contributed by atoms with Gasteiger partial charge in [-0.3, -0.25) is 0 Å². The van der Waals surface area contributed by atoms with Crippen LogP contribution in [0.15, 0.2) is 18.3 Å². The van der Waals surface area contributed by atoms with Gasteiger partial charge in [-0.1, -0.05) is 24.5 Å². The molecule has 0 aliphatic heterocycles. The Labute approximate surface area is 130 Å². The van der Waals surface area contributed by atoms with E-state index in [4.69, 9.17) is 11.6 Å². The van der Waals surface area contributed by atoms with Gasteiger partial charge in [0.25, 0.3) is 0 Å². The lowest BCUT2D eigenvalue weighted by Crippen LogP contribution is -2.19. The first kappa shape index (κ1) is 17.4. The normalized spacial score (nSPS) is 10.4. The first-order chi connectivity index (χ1) is 9.51. The maximum absolute atomic E-state index is 13.7. The van der Waals surface area contributed by atoms with Crippen molar-refractivity contribution >= 4 is 30.8 Å². The molecule has 110 valence electrons. The number of hydrogen-bond acceptors (Lipinski definition) is 3. The van der Waals surface area contributed by atoms with Crippen LogP contribution in [0.4, 0.5) is 4.39 Å². The van der Waals surface area contributed by atoms with Crippen LogP contribution in [-0.2, 0) is 13.0 Å². The zero-order chi connectivity index (χ0) is 15.1. The van der Waals surface area contributed by atoms with Crippen LogP contribution in [0, 0.1) is 12.7 Å². The van der Waals surface area contributed by atoms with E-state index in [0.717, 1.165) is 42.7 Å². The lowest BCUT2D eigenvalue weighted by molar-refractivity contribution is 0.274. The van der Waals surface area contributed by atoms with Crippen LogP contribution in [-0.4, -0.2) is 24.5 Å². The van der Waals surface area contributed by atoms with Gasteiger partial charge in [-0.25, -0.2) is 4.39 Å². The lowest BCUT2D eigenvalue weighted by atomic mass is 9.83. The molecule has 0 bridgehead atoms. The average molecular weight is 316 g/mol. The van der Waals surface area contributed by atoms with Gasteiger partial charge < -0.3 is 10.3 Å². The Morgan fingerprint density at radius 1 is 1.60 bits per heavy atom. The molecule has 0 aliphatic rings. The Hall–Kier alpha value is -0.645. The van der Waals surface area contributed by atoms with Crippen molar-refractivity contribution in [2.24, 2.45) is 0 Å². The number of benzene rings is 1. The van der Waals surface area contributed by atoms with E-state index in [-0.39, 0.29) is 11.6 Å². The molecule has 0 spiro atoms. The van der Waals surface area contributed by atoms with Crippen molar-refractivity contribution in [1.29, 1.82) is 0 Å². The number of aryl methyl sites for hydroxylation is 1. The Morgan fingerprint density at radius 3 is 2.90 bits per heavy atom. The maximum Gasteiger partial charge on any atom is 0.232 e. The summed E-state index contributed by atoms with van der Waals surface area (Å²) in [6, 6.07) is 1.65. The highest BCUT2D eigenvalue weighted by Gasteiger charge is 2.13. The SMILES string of the molecule is C=C(CSC)NBCCc1cc(Cl)c(F)c(CO)c1C. The third-order valence-corrected chi connectivity index (χ3v) is 4.10. The minimum Gasteiger partial charge on any atom is -0.434 e. The van der Waals surface area contributed by atoms with Crippen molar-refractivity contribution in [3.8, 4) is 0 Å². The molecule has 20 heavy (non-hydrogen) atoms. The third kappa shape index (κ3) is 4.72. The van der Waals surface area contributed by atoms with E-state index in [1.807, 2.05) is 13.2 Å². The molecule has 0 amide bonds. The molecular formula is C14H20BClFNOS. The molecule has 1 aromatic rings. The summed E-state index contributed by atoms with van der Waals surface area (Å²) < 4.78 is 13.7. The summed E-state index contributed by atoms with van der Waals surface area (Å²) in [5.41, 5.74) is 3.09. The van der Waals surface area contributed by atoms with Crippen molar-refractivity contribution in [3.05, 3.63) is 45.9 Å². The Balaban J connectivity index is 2.61. The van der Waals surface area contributed by atoms with Gasteiger partial charge in [0.1, 0.15) is 5.82 Å². The molecule has 0 radical (unpaired) electrons. The van der Waals surface area contributed by atoms with Crippen molar-refractivity contribution in [3.63, 3.8) is 0 Å². The minimum atomic E-state index is -0.512. The summed E-state index contributed by atoms with van der Waals surface area (Å²) in [6.07, 6.45) is 3.73. The van der Waals surface area contributed by atoms with Crippen molar-refractivity contribution in [1.82, 2.24) is 5.23 Å². The molecule has 2 nitrogen and oxygen atoms in total. The molecule has 1 aromatic carbocycles. The number of aliphatic hydroxyl groups excluding tert-OH is 1. The average Bonchev–Trinajstić information content (AvgIpc) is 2.41. The van der Waals surface area contributed by atoms with Crippen LogP contribution in [0.3, 0.4) is 0 Å². The van der Waals surface area contributed by atoms with Crippen molar-refractivity contribution in [2.75, 3.05) is 12.0 Å². The summed E-state index contributed by atoms with van der Waals surface area (Å²) in [5, 5.41) is 12.6. The van der Waals surface area contributed by atoms with Crippen molar-refractivity contribution in [2.45, 2.75) is 26.3 Å². The van der Waals surface area contributed by atoms with Gasteiger partial charge in [0.05, 0.1) is 11.6 Å². The van der Waals surface area contributed by atoms with Crippen molar-refractivity contribution < 1.29 is 9.50 Å². The molecule has 6 heteroatoms. The van der Waals surface area contributed by atoms with Crippen LogP contribution in [0.25, 0.3) is 0 Å². The zero-order valence-electron chi connectivity index (χ0n) is 11.9. The Kier molecular flexibility index (Phi) is 7.48. The van der Waals surface area contributed by atoms with Crippen LogP contribution in [0.1, 0.15) is 16.7 Å². The molecular weight excluding hydrogens is 295 g/mol. The predicted molar refractivity (Wildman–Crippen MR) is 88.4 cm³/mol. The fourth-order valence-electron chi connectivity index (χ4n) is 2.04. The van der Waals surface area contributed by atoms with Crippen LogP contribution in [0.5, 0.6) is 0 Å². The second kappa shape index (κ2) is 8.60. The first-order valence-electron chi connectivity index (χ1n) is 6.49. The van der Waals surface area contributed by atoms with E-state index in [0.29, 0.717) is 5.56 Å². The Morgan fingerprint density at radius 2 is 2.30 bits per heavy atom. The molecule has 0 aromatic heterocycles. The number of rotatable bonds is 8. The van der Waals surface area contributed by atoms with E-state index in [9.17, 15) is 9.50 Å². The number of nitrogens with one attached hydrogen (secondary N) is 1. The molecule has 0 heterocycles. The van der Waals surface area contributed by atoms with E-state index in [1.54, 1.807) is 17.8 Å². The zero-order valence-corrected chi connectivity index (χ0v) is 13.5. The monoisotopic (exact) mass is 315 g/mol. The topological polar surface area (TPSA) is 32.3 Å². The van der Waals surface area contributed by atoms with Crippen LogP contribution >= 0.6 is 23.4 Å². The van der Waals surface area contributed by atoms with E-state index < -0.39 is 5.82 Å². The van der Waals surface area contributed by atoms with Gasteiger partial charge in [-0.15, -0.1) is 0 Å². The van der Waals surface area contributed by atoms with E-state index in [2.05, 4.69) is 11.8 Å². The minimum absolute atomic E-state index is 0.0781. The number of halogens is 2. The fourth-order valence-corrected chi connectivity index (χ4v) is 2.74. The molecule has 2 N–H and O–H groups in total. The molecule has 1 rings (SSSR count). The summed E-state index contributed by atoms with van der Waals surface area (Å²) in [4.78, 5) is 0. The van der Waals surface area contributed by atoms with E-state index >= 15 is 0 Å². The van der Waals surface area contributed by atoms with Crippen LogP contribution < -0.4 is 5.23 Å². The van der Waals surface area contributed by atoms with Gasteiger partial charge in [-0.05, 0) is 36.8 Å². The Bertz CT molecular complexity index is 485. The summed E-state index contributed by atoms with van der Waals surface area (Å²) in [5.74, 6) is 0.387. The smallest absolute Gasteiger partial charge is 0.232 e. The second-order valence-corrected chi connectivity index (χ2v) is 5.93. The van der Waals surface area contributed by atoms with Gasteiger partial charge in [0, 0.05) is 17.0 Å². The maximum atomic E-state index is 13.7. The highest BCUT2D eigenvalue weighted by molar-refractivity contribution is 7.98. The van der Waals surface area contributed by atoms with E-state index in [1.165, 1.54) is 0 Å². The van der Waals surface area contributed by atoms with Gasteiger partial charge >= 0.3 is 0 Å². The van der Waals surface area contributed by atoms with Gasteiger partial charge in [0.2, 0.25) is 7.41 Å². The summed E-state index contributed by atoms with van der Waals surface area (Å²) in [6.45, 7) is 5.42. The predicted octanol–water partition coefficient (Wildman–Crippen LogP) is 3.06. The lowest BCUT2D eigenvalue weighted by Gasteiger charge is -2.13. The summed E-state index contributed by atoms with van der Waals surface area (Å²) in [7, 11) is 0.822. The molecule has 0 aliphatic carbocycles. The number of thioether (sulfide) groups is 1. The molecule has 0 saturated carbocycles. The molecule has 0 fully saturated rings. The van der Waals surface area contributed by atoms with Crippen LogP contribution in [0.2, 0.25) is 11.3 Å². The second-order valence-electron chi connectivity index (χ2n) is 4.66.